The minimum atomic E-state index is -0.0801. The van der Waals surface area contributed by atoms with Crippen LogP contribution in [0.3, 0.4) is 0 Å². The summed E-state index contributed by atoms with van der Waals surface area (Å²) in [5.74, 6) is 0.660. The molecule has 0 bridgehead atoms. The van der Waals surface area contributed by atoms with E-state index in [2.05, 4.69) is 10.1 Å². The average Bonchev–Trinajstić information content (AvgIpc) is 3.21. The first-order chi connectivity index (χ1) is 15.0. The van der Waals surface area contributed by atoms with Gasteiger partial charge in [-0.2, -0.15) is 5.10 Å². The van der Waals surface area contributed by atoms with Crippen LogP contribution in [0.25, 0.3) is 11.0 Å². The summed E-state index contributed by atoms with van der Waals surface area (Å²) in [5, 5.41) is 5.55. The molecule has 0 N–H and O–H groups in total. The Kier molecular flexibility index (Phi) is 5.90. The quantitative estimate of drug-likeness (QED) is 0.251. The van der Waals surface area contributed by atoms with Gasteiger partial charge >= 0.3 is 0 Å². The van der Waals surface area contributed by atoms with E-state index in [-0.39, 0.29) is 11.3 Å². The van der Waals surface area contributed by atoms with Crippen molar-refractivity contribution in [1.82, 2.24) is 19.3 Å². The van der Waals surface area contributed by atoms with Crippen molar-refractivity contribution in [1.29, 1.82) is 0 Å². The van der Waals surface area contributed by atoms with E-state index in [9.17, 15) is 9.59 Å². The van der Waals surface area contributed by atoms with Crippen LogP contribution in [0.15, 0.2) is 64.7 Å². The molecule has 2 heterocycles. The first-order valence-electron chi connectivity index (χ1n) is 9.83. The summed E-state index contributed by atoms with van der Waals surface area (Å²) in [6.45, 7) is 2.94. The molecule has 0 atom stereocenters. The molecule has 4 rings (SSSR count). The van der Waals surface area contributed by atoms with Gasteiger partial charge in [0.1, 0.15) is 11.1 Å². The second kappa shape index (κ2) is 8.77. The molecule has 2 aromatic heterocycles. The molecule has 0 fully saturated rings. The molecular formula is C23H22N4O3S. The number of ether oxygens (including phenoxy) is 1. The molecule has 7 nitrogen and oxygen atoms in total. The fourth-order valence-corrected chi connectivity index (χ4v) is 4.04. The highest BCUT2D eigenvalue weighted by atomic mass is 32.2. The van der Waals surface area contributed by atoms with Crippen molar-refractivity contribution < 1.29 is 9.53 Å². The van der Waals surface area contributed by atoms with Gasteiger partial charge in [0, 0.05) is 17.7 Å². The fourth-order valence-electron chi connectivity index (χ4n) is 3.42. The van der Waals surface area contributed by atoms with Crippen LogP contribution in [0.5, 0.6) is 5.75 Å². The molecule has 4 aromatic rings. The topological polar surface area (TPSA) is 79.0 Å². The third kappa shape index (κ3) is 3.98. The van der Waals surface area contributed by atoms with Gasteiger partial charge in [-0.05, 0) is 43.0 Å². The first kappa shape index (κ1) is 20.9. The third-order valence-corrected chi connectivity index (χ3v) is 5.80. The number of hydrogen-bond acceptors (Lipinski definition) is 6. The Balaban J connectivity index is 1.59. The number of aromatic nitrogens is 4. The highest BCUT2D eigenvalue weighted by Crippen LogP contribution is 2.18. The van der Waals surface area contributed by atoms with Crippen molar-refractivity contribution in [3.63, 3.8) is 0 Å². The van der Waals surface area contributed by atoms with Crippen LogP contribution in [0.2, 0.25) is 0 Å². The Morgan fingerprint density at radius 3 is 2.29 bits per heavy atom. The van der Waals surface area contributed by atoms with Crippen molar-refractivity contribution in [2.75, 3.05) is 13.4 Å². The van der Waals surface area contributed by atoms with Crippen LogP contribution in [0, 0.1) is 0 Å². The molecular weight excluding hydrogens is 412 g/mol. The summed E-state index contributed by atoms with van der Waals surface area (Å²) in [5.41, 5.74) is 2.66. The lowest BCUT2D eigenvalue weighted by Gasteiger charge is -2.09. The highest BCUT2D eigenvalue weighted by Gasteiger charge is 2.15. The fraction of sp³-hybridized carbons (Fsp3) is 0.217. The van der Waals surface area contributed by atoms with Crippen LogP contribution < -0.4 is 10.3 Å². The maximum Gasteiger partial charge on any atom is 0.265 e. The van der Waals surface area contributed by atoms with E-state index in [0.29, 0.717) is 46.2 Å². The van der Waals surface area contributed by atoms with Gasteiger partial charge in [-0.1, -0.05) is 36.0 Å². The second-order valence-corrected chi connectivity index (χ2v) is 7.72. The number of rotatable bonds is 7. The van der Waals surface area contributed by atoms with Crippen LogP contribution >= 0.6 is 11.8 Å². The SMILES string of the molecule is CCn1c(SC)nc2c(cnn2Cc2ccc(C(=O)c3ccc(OC)cc3)cc2)c1=O. The van der Waals surface area contributed by atoms with Gasteiger partial charge in [0.15, 0.2) is 16.6 Å². The van der Waals surface area contributed by atoms with Crippen molar-refractivity contribution in [3.8, 4) is 5.75 Å². The number of hydrogen-bond donors (Lipinski definition) is 0. The lowest BCUT2D eigenvalue weighted by Crippen LogP contribution is -2.22. The van der Waals surface area contributed by atoms with Crippen molar-refractivity contribution in [3.05, 3.63) is 81.8 Å². The summed E-state index contributed by atoms with van der Waals surface area (Å²) < 4.78 is 8.51. The maximum absolute atomic E-state index is 12.7. The molecule has 0 aliphatic rings. The summed E-state index contributed by atoms with van der Waals surface area (Å²) in [6, 6.07) is 14.4. The standard InChI is InChI=1S/C23H22N4O3S/c1-4-26-22(29)19-13-24-27(21(19)25-23(26)31-3)14-15-5-7-16(8-6-15)20(28)17-9-11-18(30-2)12-10-17/h5-13H,4,14H2,1-3H3. The number of fused-ring (bicyclic) bond motifs is 1. The molecule has 8 heteroatoms. The van der Waals surface area contributed by atoms with E-state index in [1.54, 1.807) is 59.0 Å². The van der Waals surface area contributed by atoms with Gasteiger partial charge in [0.25, 0.3) is 5.56 Å². The summed E-state index contributed by atoms with van der Waals surface area (Å²) in [4.78, 5) is 30.1. The number of carbonyl (C=O) groups excluding carboxylic acids is 1. The Morgan fingerprint density at radius 1 is 1.06 bits per heavy atom. The first-order valence-corrected chi connectivity index (χ1v) is 11.1. The van der Waals surface area contributed by atoms with Gasteiger partial charge in [-0.25, -0.2) is 9.67 Å². The van der Waals surface area contributed by atoms with Crippen molar-refractivity contribution >= 4 is 28.6 Å². The molecule has 0 aliphatic carbocycles. The second-order valence-electron chi connectivity index (χ2n) is 6.94. The molecule has 0 aliphatic heterocycles. The predicted octanol–water partition coefficient (Wildman–Crippen LogP) is 3.62. The maximum atomic E-state index is 12.7. The molecule has 0 saturated carbocycles. The van der Waals surface area contributed by atoms with Crippen LogP contribution in [0.1, 0.15) is 28.4 Å². The lowest BCUT2D eigenvalue weighted by atomic mass is 10.0. The lowest BCUT2D eigenvalue weighted by molar-refractivity contribution is 0.103. The highest BCUT2D eigenvalue weighted by molar-refractivity contribution is 7.98. The van der Waals surface area contributed by atoms with E-state index >= 15 is 0 Å². The summed E-state index contributed by atoms with van der Waals surface area (Å²) in [6.07, 6.45) is 3.47. The monoisotopic (exact) mass is 434 g/mol. The summed E-state index contributed by atoms with van der Waals surface area (Å²) >= 11 is 1.44. The molecule has 158 valence electrons. The number of carbonyl (C=O) groups is 1. The van der Waals surface area contributed by atoms with E-state index in [4.69, 9.17) is 4.74 Å². The zero-order valence-corrected chi connectivity index (χ0v) is 18.3. The molecule has 0 amide bonds. The van der Waals surface area contributed by atoms with E-state index in [1.165, 1.54) is 11.8 Å². The van der Waals surface area contributed by atoms with E-state index < -0.39 is 0 Å². The normalized spacial score (nSPS) is 11.1. The zero-order chi connectivity index (χ0) is 22.0. The molecule has 0 spiro atoms. The van der Waals surface area contributed by atoms with E-state index in [0.717, 1.165) is 5.56 Å². The van der Waals surface area contributed by atoms with Gasteiger partial charge in [0.2, 0.25) is 0 Å². The number of methoxy groups -OCH3 is 1. The number of benzene rings is 2. The van der Waals surface area contributed by atoms with Crippen LogP contribution in [-0.2, 0) is 13.1 Å². The Bertz CT molecular complexity index is 1290. The molecule has 31 heavy (non-hydrogen) atoms. The Morgan fingerprint density at radius 2 is 1.71 bits per heavy atom. The van der Waals surface area contributed by atoms with Crippen LogP contribution in [0.4, 0.5) is 0 Å². The van der Waals surface area contributed by atoms with Gasteiger partial charge in [0.05, 0.1) is 19.9 Å². The molecule has 0 radical (unpaired) electrons. The van der Waals surface area contributed by atoms with Crippen LogP contribution in [-0.4, -0.2) is 38.5 Å². The third-order valence-electron chi connectivity index (χ3n) is 5.12. The van der Waals surface area contributed by atoms with Crippen molar-refractivity contribution in [2.24, 2.45) is 0 Å². The molecule has 0 saturated heterocycles. The molecule has 2 aromatic carbocycles. The average molecular weight is 435 g/mol. The van der Waals surface area contributed by atoms with Crippen molar-refractivity contribution in [2.45, 2.75) is 25.2 Å². The smallest absolute Gasteiger partial charge is 0.265 e. The Hall–Kier alpha value is -3.39. The number of thioether (sulfide) groups is 1. The summed E-state index contributed by atoms with van der Waals surface area (Å²) in [7, 11) is 1.59. The van der Waals surface area contributed by atoms with Gasteiger partial charge in [-0.15, -0.1) is 0 Å². The Labute approximate surface area is 183 Å². The molecule has 0 unspecified atom stereocenters. The predicted molar refractivity (Wildman–Crippen MR) is 121 cm³/mol. The minimum Gasteiger partial charge on any atom is -0.497 e. The zero-order valence-electron chi connectivity index (χ0n) is 17.5. The number of nitrogens with zero attached hydrogens (tertiary/aromatic N) is 4. The van der Waals surface area contributed by atoms with E-state index in [1.807, 2.05) is 25.3 Å². The van der Waals surface area contributed by atoms with Gasteiger partial charge in [-0.3, -0.25) is 14.2 Å². The number of ketones is 1. The van der Waals surface area contributed by atoms with Gasteiger partial charge < -0.3 is 4.74 Å². The minimum absolute atomic E-state index is 0.0508. The largest absolute Gasteiger partial charge is 0.497 e.